The van der Waals surface area contributed by atoms with Gasteiger partial charge in [0, 0.05) is 56.8 Å². The Kier molecular flexibility index (Phi) is 8.42. The minimum absolute atomic E-state index is 0.212. The summed E-state index contributed by atoms with van der Waals surface area (Å²) in [6, 6.07) is 7.21. The lowest BCUT2D eigenvalue weighted by atomic mass is 9.93. The summed E-state index contributed by atoms with van der Waals surface area (Å²) >= 11 is 3.55. The van der Waals surface area contributed by atoms with Gasteiger partial charge in [-0.2, -0.15) is 0 Å². The quantitative estimate of drug-likeness (QED) is 0.347. The van der Waals surface area contributed by atoms with Gasteiger partial charge in [0.25, 0.3) is 0 Å². The number of hydrogen-bond donors (Lipinski definition) is 0. The molecule has 4 nitrogen and oxygen atoms in total. The van der Waals surface area contributed by atoms with Crippen LogP contribution in [0.1, 0.15) is 63.0 Å². The van der Waals surface area contributed by atoms with E-state index in [0.717, 1.165) is 75.5 Å². The second-order valence-electron chi connectivity index (χ2n) is 9.24. The number of amides is 1. The highest BCUT2D eigenvalue weighted by molar-refractivity contribution is 9.11. The molecular weight excluding hydrogens is 483 g/mol. The molecule has 2 heterocycles. The van der Waals surface area contributed by atoms with E-state index < -0.39 is 0 Å². The predicted molar refractivity (Wildman–Crippen MR) is 135 cm³/mol. The molecule has 0 radical (unpaired) electrons. The van der Waals surface area contributed by atoms with Crippen molar-refractivity contribution in [2.75, 3.05) is 26.8 Å². The molecule has 1 saturated heterocycles. The van der Waals surface area contributed by atoms with Crippen molar-refractivity contribution < 1.29 is 13.9 Å². The number of hydrogen-bond acceptors (Lipinski definition) is 2. The third-order valence-electron chi connectivity index (χ3n) is 6.89. The SMILES string of the molecule is COCCCn1c(C2CCCN(C(=O)CCCC3=CC=C(Br)CC3)C2)cc2ccc(F)cc21. The molecule has 2 aromatic rings. The number of benzene rings is 1. The number of aryl methyl sites for hydroxylation is 1. The van der Waals surface area contributed by atoms with Gasteiger partial charge in [0.1, 0.15) is 5.82 Å². The number of methoxy groups -OCH3 is 1. The van der Waals surface area contributed by atoms with E-state index in [9.17, 15) is 9.18 Å². The minimum Gasteiger partial charge on any atom is -0.385 e. The standard InChI is InChI=1S/C27H34BrFN2O2/c1-33-16-4-15-31-25(17-21-10-13-24(29)18-26(21)31)22-6-3-14-30(19-22)27(32)7-2-5-20-8-11-23(28)12-9-20/h8,10-11,13,17-18,22H,2-7,9,12,14-16,19H2,1H3. The van der Waals surface area contributed by atoms with Gasteiger partial charge >= 0.3 is 0 Å². The zero-order valence-corrected chi connectivity index (χ0v) is 21.1. The van der Waals surface area contributed by atoms with Crippen LogP contribution in [0.25, 0.3) is 10.9 Å². The molecule has 33 heavy (non-hydrogen) atoms. The molecule has 1 aromatic heterocycles. The van der Waals surface area contributed by atoms with Gasteiger partial charge in [-0.1, -0.05) is 33.7 Å². The maximum atomic E-state index is 14.0. The summed E-state index contributed by atoms with van der Waals surface area (Å²) in [5.74, 6) is 0.335. The molecule has 1 amide bonds. The number of nitrogens with zero attached hydrogens (tertiary/aromatic N) is 2. The van der Waals surface area contributed by atoms with E-state index in [4.69, 9.17) is 4.74 Å². The van der Waals surface area contributed by atoms with Crippen molar-refractivity contribution in [1.82, 2.24) is 9.47 Å². The van der Waals surface area contributed by atoms with Gasteiger partial charge in [0.05, 0.1) is 5.52 Å². The third kappa shape index (κ3) is 6.15. The van der Waals surface area contributed by atoms with E-state index in [1.165, 1.54) is 21.8 Å². The molecule has 0 spiro atoms. The first kappa shape index (κ1) is 24.2. The van der Waals surface area contributed by atoms with Crippen molar-refractivity contribution in [3.8, 4) is 0 Å². The maximum absolute atomic E-state index is 14.0. The van der Waals surface area contributed by atoms with Crippen molar-refractivity contribution in [3.05, 3.63) is 58.0 Å². The van der Waals surface area contributed by atoms with Crippen molar-refractivity contribution in [1.29, 1.82) is 0 Å². The van der Waals surface area contributed by atoms with Gasteiger partial charge in [-0.15, -0.1) is 0 Å². The molecule has 0 bridgehead atoms. The van der Waals surface area contributed by atoms with Crippen LogP contribution >= 0.6 is 15.9 Å². The second-order valence-corrected chi connectivity index (χ2v) is 10.3. The molecular formula is C27H34BrFN2O2. The summed E-state index contributed by atoms with van der Waals surface area (Å²) in [5.41, 5.74) is 3.59. The highest BCUT2D eigenvalue weighted by Gasteiger charge is 2.27. The Morgan fingerprint density at radius 1 is 1.21 bits per heavy atom. The van der Waals surface area contributed by atoms with Crippen LogP contribution in [-0.4, -0.2) is 42.2 Å². The van der Waals surface area contributed by atoms with Crippen LogP contribution in [0.4, 0.5) is 4.39 Å². The average molecular weight is 517 g/mol. The normalized spacial score (nSPS) is 19.0. The summed E-state index contributed by atoms with van der Waals surface area (Å²) in [5, 5.41) is 1.06. The van der Waals surface area contributed by atoms with E-state index >= 15 is 0 Å². The van der Waals surface area contributed by atoms with Crippen LogP contribution in [0.15, 0.2) is 46.5 Å². The third-order valence-corrected chi connectivity index (χ3v) is 7.56. The first-order valence-electron chi connectivity index (χ1n) is 12.1. The molecule has 2 aliphatic rings. The molecule has 1 atom stereocenters. The van der Waals surface area contributed by atoms with Crippen LogP contribution in [0.5, 0.6) is 0 Å². The molecule has 0 saturated carbocycles. The van der Waals surface area contributed by atoms with Gasteiger partial charge in [-0.3, -0.25) is 4.79 Å². The van der Waals surface area contributed by atoms with Crippen LogP contribution < -0.4 is 0 Å². The maximum Gasteiger partial charge on any atom is 0.222 e. The predicted octanol–water partition coefficient (Wildman–Crippen LogP) is 6.69. The number of ether oxygens (including phenoxy) is 1. The average Bonchev–Trinajstić information content (AvgIpc) is 3.18. The molecule has 1 aliphatic heterocycles. The van der Waals surface area contributed by atoms with Gasteiger partial charge in [-0.25, -0.2) is 4.39 Å². The lowest BCUT2D eigenvalue weighted by Crippen LogP contribution is -2.39. The Morgan fingerprint density at radius 2 is 2.09 bits per heavy atom. The molecule has 0 N–H and O–H groups in total. The first-order valence-corrected chi connectivity index (χ1v) is 12.9. The van der Waals surface area contributed by atoms with Gasteiger partial charge in [0.15, 0.2) is 0 Å². The number of piperidine rings is 1. The highest BCUT2D eigenvalue weighted by atomic mass is 79.9. The lowest BCUT2D eigenvalue weighted by Gasteiger charge is -2.33. The molecule has 1 aromatic carbocycles. The fourth-order valence-electron chi connectivity index (χ4n) is 5.14. The number of carbonyl (C=O) groups excluding carboxylic acids is 1. The Morgan fingerprint density at radius 3 is 2.88 bits per heavy atom. The summed E-state index contributed by atoms with van der Waals surface area (Å²) in [4.78, 5) is 15.0. The van der Waals surface area contributed by atoms with E-state index in [0.29, 0.717) is 13.0 Å². The van der Waals surface area contributed by atoms with E-state index in [-0.39, 0.29) is 17.6 Å². The van der Waals surface area contributed by atoms with Crippen molar-refractivity contribution in [3.63, 3.8) is 0 Å². The fraction of sp³-hybridized carbons (Fsp3) is 0.519. The van der Waals surface area contributed by atoms with Crippen molar-refractivity contribution in [2.24, 2.45) is 0 Å². The molecule has 4 rings (SSSR count). The Labute approximate surface area is 204 Å². The van der Waals surface area contributed by atoms with Crippen LogP contribution in [0.2, 0.25) is 0 Å². The van der Waals surface area contributed by atoms with E-state index in [1.54, 1.807) is 13.2 Å². The van der Waals surface area contributed by atoms with Crippen molar-refractivity contribution in [2.45, 2.75) is 63.8 Å². The van der Waals surface area contributed by atoms with Crippen LogP contribution in [0.3, 0.4) is 0 Å². The van der Waals surface area contributed by atoms with E-state index in [1.807, 2.05) is 6.07 Å². The van der Waals surface area contributed by atoms with Gasteiger partial charge < -0.3 is 14.2 Å². The monoisotopic (exact) mass is 516 g/mol. The molecule has 1 aliphatic carbocycles. The van der Waals surface area contributed by atoms with Crippen molar-refractivity contribution >= 4 is 32.7 Å². The topological polar surface area (TPSA) is 34.5 Å². The van der Waals surface area contributed by atoms with Gasteiger partial charge in [0.2, 0.25) is 5.91 Å². The summed E-state index contributed by atoms with van der Waals surface area (Å²) in [6.45, 7) is 3.06. The summed E-state index contributed by atoms with van der Waals surface area (Å²) < 4.78 is 22.7. The molecule has 1 fully saturated rings. The Balaban J connectivity index is 1.42. The Bertz CT molecular complexity index is 1040. The zero-order chi connectivity index (χ0) is 23.2. The number of rotatable bonds is 9. The van der Waals surface area contributed by atoms with Crippen LogP contribution in [-0.2, 0) is 16.1 Å². The zero-order valence-electron chi connectivity index (χ0n) is 19.5. The van der Waals surface area contributed by atoms with Gasteiger partial charge in [-0.05, 0) is 73.7 Å². The fourth-order valence-corrected chi connectivity index (χ4v) is 5.47. The second kappa shape index (κ2) is 11.5. The smallest absolute Gasteiger partial charge is 0.222 e. The highest BCUT2D eigenvalue weighted by Crippen LogP contribution is 2.33. The molecule has 6 heteroatoms. The first-order chi connectivity index (χ1) is 16.0. The molecule has 178 valence electrons. The summed E-state index contributed by atoms with van der Waals surface area (Å²) in [7, 11) is 1.71. The van der Waals surface area contributed by atoms with E-state index in [2.05, 4.69) is 43.6 Å². The van der Waals surface area contributed by atoms with Crippen LogP contribution in [0, 0.1) is 5.82 Å². The minimum atomic E-state index is -0.212. The number of likely N-dealkylation sites (tertiary alicyclic amines) is 1. The Hall–Kier alpha value is -1.92. The number of aromatic nitrogens is 1. The number of halogens is 2. The molecule has 1 unspecified atom stereocenters. The number of fused-ring (bicyclic) bond motifs is 1. The number of allylic oxidation sites excluding steroid dienone is 4. The summed E-state index contributed by atoms with van der Waals surface area (Å²) in [6.07, 6.45) is 11.9. The largest absolute Gasteiger partial charge is 0.385 e. The lowest BCUT2D eigenvalue weighted by molar-refractivity contribution is -0.132. The number of carbonyl (C=O) groups is 1.